The van der Waals surface area contributed by atoms with Gasteiger partial charge in [-0.3, -0.25) is 28.8 Å². The molecule has 128 heavy (non-hydrogen) atoms. The molecule has 20 rings (SSSR count). The monoisotopic (exact) mass is 1770 g/mol. The topological polar surface area (TPSA) is 414 Å². The van der Waals surface area contributed by atoms with Gasteiger partial charge in [0.15, 0.2) is 46.0 Å². The van der Waals surface area contributed by atoms with Crippen LogP contribution in [0.15, 0.2) is 24.8 Å². The highest BCUT2D eigenvalue weighted by Gasteiger charge is 2.64. The van der Waals surface area contributed by atoms with Gasteiger partial charge in [0, 0.05) is 36.7 Å². The number of nitrogens with zero attached hydrogens (tertiary/aromatic N) is 13. The van der Waals surface area contributed by atoms with Crippen LogP contribution in [0.5, 0.6) is 0 Å². The van der Waals surface area contributed by atoms with Crippen LogP contribution in [-0.4, -0.2) is 160 Å². The fourth-order valence-electron chi connectivity index (χ4n) is 33.8. The summed E-state index contributed by atoms with van der Waals surface area (Å²) in [6.45, 7) is 22.2. The number of carboxylic acid groups (broad SMARTS) is 1. The highest BCUT2D eigenvalue weighted by Crippen LogP contribution is 2.70. The van der Waals surface area contributed by atoms with Crippen molar-refractivity contribution in [1.82, 2.24) is 60.0 Å². The van der Waals surface area contributed by atoms with Crippen LogP contribution in [0.25, 0.3) is 0 Å². The van der Waals surface area contributed by atoms with E-state index in [1.54, 1.807) is 24.0 Å². The first-order valence-corrected chi connectivity index (χ1v) is 50.5. The zero-order valence-electron chi connectivity index (χ0n) is 78.5. The molecule has 0 radical (unpaired) electrons. The predicted octanol–water partition coefficient (Wildman–Crippen LogP) is 15.1. The van der Waals surface area contributed by atoms with Gasteiger partial charge >= 0.3 is 5.97 Å². The van der Waals surface area contributed by atoms with Gasteiger partial charge in [0.05, 0.1) is 47.2 Å². The van der Waals surface area contributed by atoms with Crippen LogP contribution in [-0.2, 0) is 45.4 Å². The van der Waals surface area contributed by atoms with E-state index in [4.69, 9.17) is 21.2 Å². The lowest BCUT2D eigenvalue weighted by molar-refractivity contribution is -0.133. The third-order valence-electron chi connectivity index (χ3n) is 39.3. The number of hydrogen-bond donors (Lipinski definition) is 7. The summed E-state index contributed by atoms with van der Waals surface area (Å²) in [5, 5.41) is 98.9. The van der Waals surface area contributed by atoms with Gasteiger partial charge in [0.25, 0.3) is 5.91 Å². The maximum Gasteiger partial charge on any atom is 0.358 e. The number of ketones is 5. The maximum absolute atomic E-state index is 13.4. The Morgan fingerprint density at radius 2 is 0.633 bits per heavy atom. The zero-order valence-corrected chi connectivity index (χ0v) is 78.5. The van der Waals surface area contributed by atoms with Crippen LogP contribution in [0.2, 0.25) is 0 Å². The Hall–Kier alpha value is -6.86. The molecule has 32 atom stereocenters. The van der Waals surface area contributed by atoms with E-state index in [9.17, 15) is 54.0 Å². The molecule has 0 aromatic carbocycles. The van der Waals surface area contributed by atoms with Crippen LogP contribution in [0.3, 0.4) is 0 Å². The molecule has 8 N–H and O–H groups in total. The fourth-order valence-corrected chi connectivity index (χ4v) is 33.8. The average Bonchev–Trinajstić information content (AvgIpc) is 1.54. The summed E-state index contributed by atoms with van der Waals surface area (Å²) in [6.07, 6.45) is 47.6. The number of nitriles is 1. The Morgan fingerprint density at radius 1 is 0.367 bits per heavy atom. The summed E-state index contributed by atoms with van der Waals surface area (Å²) >= 11 is 0. The van der Waals surface area contributed by atoms with Crippen molar-refractivity contribution in [3.8, 4) is 6.07 Å². The number of nitrogens with two attached hydrogens (primary N) is 1. The van der Waals surface area contributed by atoms with E-state index in [0.717, 1.165) is 194 Å². The van der Waals surface area contributed by atoms with E-state index in [2.05, 4.69) is 68.9 Å². The Labute approximate surface area is 757 Å². The van der Waals surface area contributed by atoms with Crippen molar-refractivity contribution in [1.29, 1.82) is 5.26 Å². The molecule has 16 aliphatic carbocycles. The number of amides is 1. The molecule has 704 valence electrons. The van der Waals surface area contributed by atoms with Gasteiger partial charge in [-0.25, -0.2) is 23.5 Å². The second kappa shape index (κ2) is 37.2. The first-order chi connectivity index (χ1) is 60.8. The molecule has 4 aromatic heterocycles. The summed E-state index contributed by atoms with van der Waals surface area (Å²) in [7, 11) is 0. The molecule has 0 spiro atoms. The van der Waals surface area contributed by atoms with Crippen molar-refractivity contribution >= 4 is 40.8 Å². The Balaban J connectivity index is 0.000000124. The lowest BCUT2D eigenvalue weighted by atomic mass is 9.49. The molecular weight excluding hydrogens is 1620 g/mol. The molecule has 16 fully saturated rings. The van der Waals surface area contributed by atoms with Crippen LogP contribution in [0.1, 0.15) is 350 Å². The normalized spacial score (nSPS) is 43.0. The zero-order chi connectivity index (χ0) is 91.1. The van der Waals surface area contributed by atoms with Gasteiger partial charge in [0.1, 0.15) is 37.9 Å². The number of aliphatic hydroxyl groups excluding tert-OH is 1. The van der Waals surface area contributed by atoms with Crippen molar-refractivity contribution in [2.45, 2.75) is 362 Å². The quantitative estimate of drug-likeness (QED) is 0.0483. The van der Waals surface area contributed by atoms with E-state index in [1.807, 2.05) is 40.7 Å². The van der Waals surface area contributed by atoms with Gasteiger partial charge in [-0.05, 0) is 412 Å². The van der Waals surface area contributed by atoms with Gasteiger partial charge in [-0.1, -0.05) is 55.5 Å². The van der Waals surface area contributed by atoms with Gasteiger partial charge in [-0.15, -0.1) is 20.4 Å². The summed E-state index contributed by atoms with van der Waals surface area (Å²) in [5.74, 6) is 13.8. The molecule has 4 aromatic rings. The maximum atomic E-state index is 13.4. The van der Waals surface area contributed by atoms with Crippen LogP contribution in [0.4, 0.5) is 0 Å². The summed E-state index contributed by atoms with van der Waals surface area (Å²) in [6, 6.07) is 1.98. The molecule has 0 unspecified atom stereocenters. The molecular formula is C101H152N14O13. The number of aromatic carboxylic acids is 1. The summed E-state index contributed by atoms with van der Waals surface area (Å²) in [4.78, 5) is 87.6. The van der Waals surface area contributed by atoms with Gasteiger partial charge in [0.2, 0.25) is 0 Å². The Bertz CT molecular complexity index is 4570. The number of carbonyl (C=O) groups is 7. The second-order valence-electron chi connectivity index (χ2n) is 46.7. The standard InChI is InChI=1S/C27H41N3O3.C24H36N4O3.C24H34N4O2.C24H35N3O4.C2H6O/c1-4-5-24(31)23-15-30(29-28-23)16-25(32)22-9-8-21-20-7-6-17-14-26(2,33)12-10-18(17)19(20)11-13-27(21,22)3;1-23(31)9-7-15-14(11-23)3-4-17-16(15)8-10-24(2)18(17)5-6-19(24)21(29)13-28-12-20(22(25)30)26-27-28;1-23(30)9-7-17-15(11-23)3-4-19-18(17)8-10-24(2)20(19)5-6-21(24)22(29)14-28-13-16(12-25)26-27-28;1-23(31)9-7-15-14(11-23)3-4-17-16(15)8-10-24(2)18(17)5-6-19(24)21(28)13-27-12-20(22(29)30)25-26-27;1-2-3/h15,17-22,33H,4-14,16H2,1-3H3;12,14-19,31H,3-11,13H2,1-2H3,(H2,25,30);13,15,17-21,30H,3-11,14H2,1-2H3;12,14-19,31H,3-11,13H2,1-2H3,(H,29,30);3H,2H2,1H3/t17-,18+,19-,20-,21+,22-,26-,27+;14-,15+,16-,17-,18+,19-,23-,24+;15-,17+,18-,19-,20+,21-,23-,24+;14-,15+,16-,17-,18+,19-,23-,24+;/m1111./s1. The average molecular weight is 1770 g/mol. The lowest BCUT2D eigenvalue weighted by Crippen LogP contribution is -2.51. The number of carboxylic acids is 1. The van der Waals surface area contributed by atoms with E-state index >= 15 is 0 Å². The minimum absolute atomic E-state index is 0.00208. The molecule has 0 bridgehead atoms. The van der Waals surface area contributed by atoms with Crippen LogP contribution in [0, 0.1) is 175 Å². The Morgan fingerprint density at radius 3 is 0.898 bits per heavy atom. The molecule has 0 saturated heterocycles. The molecule has 1 amide bonds. The van der Waals surface area contributed by atoms with Crippen LogP contribution >= 0.6 is 0 Å². The van der Waals surface area contributed by atoms with Crippen molar-refractivity contribution < 1.29 is 64.2 Å². The van der Waals surface area contributed by atoms with E-state index in [-0.39, 0.29) is 124 Å². The number of primary amides is 1. The van der Waals surface area contributed by atoms with Gasteiger partial charge in [-0.2, -0.15) is 5.26 Å². The SMILES string of the molecule is CCCC(=O)c1cn(CC(=O)[C@H]2CC[C@H]3[C@@H]4CC[C@@H]5C[C@](C)(O)CC[C@@H]5[C@H]4CC[C@]23C)nn1.CCO.C[C@@]1(O)CC[C@H]2[C@H](CC[C@@H]3[C@@H]2CC[C@]2(C)[C@@H](C(=O)Cn4cc(C#N)nn4)CC[C@@H]32)C1.C[C@@]1(O)CC[C@H]2[C@H](CC[C@@H]3[C@@H]2CC[C@]2(C)[C@@H](C(=O)Cn4cc(C(=O)O)nn4)CC[C@@H]32)C1.C[C@@]1(O)CC[C@H]2[C@H](CC[C@@H]3[C@@H]2CC[C@]2(C)[C@@H](C(=O)Cn4cc(C(N)=O)nn4)CC[C@@H]32)C1. The highest BCUT2D eigenvalue weighted by atomic mass is 16.4. The fraction of sp³-hybridized carbons (Fsp3) is 0.842. The number of carbonyl (C=O) groups excluding carboxylic acids is 6. The number of fused-ring (bicyclic) bond motifs is 20. The van der Waals surface area contributed by atoms with Crippen LogP contribution < -0.4 is 5.73 Å². The summed E-state index contributed by atoms with van der Waals surface area (Å²) < 4.78 is 5.95. The van der Waals surface area contributed by atoms with Crippen molar-refractivity contribution in [2.75, 3.05) is 6.61 Å². The Kier molecular flexibility index (Phi) is 27.4. The predicted molar refractivity (Wildman–Crippen MR) is 477 cm³/mol. The van der Waals surface area contributed by atoms with Crippen molar-refractivity contribution in [3.05, 3.63) is 47.6 Å². The van der Waals surface area contributed by atoms with E-state index < -0.39 is 34.3 Å². The number of Topliss-reactive ketones (excluding diaryl/α,β-unsaturated/α-hetero) is 5. The van der Waals surface area contributed by atoms with Crippen molar-refractivity contribution in [2.24, 2.45) is 169 Å². The van der Waals surface area contributed by atoms with Gasteiger partial charge < -0.3 is 36.4 Å². The first kappa shape index (κ1) is 94.3. The van der Waals surface area contributed by atoms with E-state index in [0.29, 0.717) is 65.4 Å². The number of aliphatic hydroxyl groups is 5. The molecule has 16 saturated carbocycles. The molecule has 0 aliphatic heterocycles. The third kappa shape index (κ3) is 18.7. The highest BCUT2D eigenvalue weighted by molar-refractivity contribution is 5.94. The molecule has 27 nitrogen and oxygen atoms in total. The molecule has 16 aliphatic rings. The van der Waals surface area contributed by atoms with Crippen molar-refractivity contribution in [3.63, 3.8) is 0 Å². The number of hydrogen-bond acceptors (Lipinski definition) is 21. The minimum Gasteiger partial charge on any atom is -0.476 e. The second-order valence-corrected chi connectivity index (χ2v) is 46.7. The van der Waals surface area contributed by atoms with E-state index in [1.165, 1.54) is 136 Å². The number of aromatic nitrogens is 12. The summed E-state index contributed by atoms with van der Waals surface area (Å²) in [5.41, 5.74) is 4.30. The lowest BCUT2D eigenvalue weighted by Gasteiger charge is -2.56. The number of rotatable bonds is 17. The molecule has 4 heterocycles. The minimum atomic E-state index is -1.12. The first-order valence-electron chi connectivity index (χ1n) is 50.5. The largest absolute Gasteiger partial charge is 0.476 e. The molecule has 27 heteroatoms. The third-order valence-corrected chi connectivity index (χ3v) is 39.3. The smallest absolute Gasteiger partial charge is 0.358 e.